The minimum Gasteiger partial charge on any atom is -0.573 e. The van der Waals surface area contributed by atoms with Crippen LogP contribution in [0.3, 0.4) is 0 Å². The van der Waals surface area contributed by atoms with Crippen molar-refractivity contribution in [3.63, 3.8) is 0 Å². The number of aryl methyl sites for hydroxylation is 3. The van der Waals surface area contributed by atoms with E-state index in [-0.39, 0.29) is 4.90 Å². The van der Waals surface area contributed by atoms with E-state index in [9.17, 15) is 8.42 Å². The Kier molecular flexibility index (Phi) is 4.18. The number of sulfonamides is 1. The number of ether oxygens (including phenoxy) is 1. The molecule has 0 atom stereocenters. The summed E-state index contributed by atoms with van der Waals surface area (Å²) in [5, 5.41) is 0. The Labute approximate surface area is 125 Å². The van der Waals surface area contributed by atoms with Crippen LogP contribution in [0, 0.1) is 13.8 Å². The largest absolute Gasteiger partial charge is 0.573 e. The summed E-state index contributed by atoms with van der Waals surface area (Å²) in [7, 11) is -0.379. The summed E-state index contributed by atoms with van der Waals surface area (Å²) in [5.74, 6) is 0.657. The maximum atomic E-state index is 12.4. The van der Waals surface area contributed by atoms with Gasteiger partial charge in [-0.25, -0.2) is 13.0 Å². The first-order valence-electron chi connectivity index (χ1n) is 6.42. The van der Waals surface area contributed by atoms with Gasteiger partial charge in [0.25, 0.3) is 0 Å². The highest BCUT2D eigenvalue weighted by atomic mass is 32.2. The average molecular weight is 306 g/mol. The molecule has 0 amide bonds. The molecule has 2 aromatic rings. The molecule has 0 aliphatic rings. The van der Waals surface area contributed by atoms with E-state index in [1.807, 2.05) is 13.0 Å². The van der Waals surface area contributed by atoms with Crippen LogP contribution in [0.25, 0.3) is 4.72 Å². The Morgan fingerprint density at radius 3 is 2.33 bits per heavy atom. The lowest BCUT2D eigenvalue weighted by Gasteiger charge is -2.22. The van der Waals surface area contributed by atoms with Crippen molar-refractivity contribution in [3.05, 3.63) is 52.5 Å². The zero-order chi connectivity index (χ0) is 15.6. The van der Waals surface area contributed by atoms with Crippen LogP contribution in [0.15, 0.2) is 41.4 Å². The van der Waals surface area contributed by atoms with Crippen LogP contribution in [-0.4, -0.2) is 15.5 Å². The average Bonchev–Trinajstić information content (AvgIpc) is 2.43. The van der Waals surface area contributed by atoms with E-state index < -0.39 is 10.0 Å². The van der Waals surface area contributed by atoms with Gasteiger partial charge in [0.15, 0.2) is 11.9 Å². The van der Waals surface area contributed by atoms with Crippen LogP contribution in [-0.2, 0) is 17.1 Å². The van der Waals surface area contributed by atoms with Gasteiger partial charge in [-0.1, -0.05) is 12.1 Å². The summed E-state index contributed by atoms with van der Waals surface area (Å²) in [4.78, 5) is 0.214. The molecule has 0 spiro atoms. The van der Waals surface area contributed by atoms with Gasteiger partial charge in [-0.2, -0.15) is 0 Å². The molecular formula is C15H18N2O3S. The predicted molar refractivity (Wildman–Crippen MR) is 80.3 cm³/mol. The highest BCUT2D eigenvalue weighted by Gasteiger charge is 2.15. The Balaban J connectivity index is 2.35. The fraction of sp³-hybridized carbons (Fsp3) is 0.267. The topological polar surface area (TPSA) is 61.4 Å². The number of hydrogen-bond acceptors (Lipinski definition) is 3. The van der Waals surface area contributed by atoms with Gasteiger partial charge in [-0.15, -0.1) is 5.69 Å². The summed E-state index contributed by atoms with van der Waals surface area (Å²) in [6, 6.07) is 8.41. The number of methoxy groups -OCH3 is 1. The van der Waals surface area contributed by atoms with Gasteiger partial charge in [0.2, 0.25) is 0 Å². The Hall–Kier alpha value is -2.08. The first-order valence-corrected chi connectivity index (χ1v) is 7.86. The van der Waals surface area contributed by atoms with E-state index in [4.69, 9.17) is 4.74 Å². The predicted octanol–water partition coefficient (Wildman–Crippen LogP) is 2.53. The third kappa shape index (κ3) is 3.33. The molecule has 1 aromatic heterocycles. The van der Waals surface area contributed by atoms with Gasteiger partial charge in [0, 0.05) is 13.0 Å². The summed E-state index contributed by atoms with van der Waals surface area (Å²) in [5.41, 5.74) is 2.04. The fourth-order valence-corrected chi connectivity index (χ4v) is 3.22. The molecule has 0 aliphatic carbocycles. The van der Waals surface area contributed by atoms with Crippen molar-refractivity contribution in [1.29, 1.82) is 0 Å². The van der Waals surface area contributed by atoms with Gasteiger partial charge in [-0.05, 0) is 24.6 Å². The van der Waals surface area contributed by atoms with E-state index >= 15 is 0 Å². The second-order valence-electron chi connectivity index (χ2n) is 4.84. The highest BCUT2D eigenvalue weighted by molar-refractivity contribution is 7.94. The van der Waals surface area contributed by atoms with Gasteiger partial charge < -0.3 is 9.46 Å². The normalized spacial score (nSPS) is 11.2. The lowest BCUT2D eigenvalue weighted by molar-refractivity contribution is -0.679. The quantitative estimate of drug-likeness (QED) is 0.816. The molecule has 5 nitrogen and oxygen atoms in total. The number of hydrogen-bond donors (Lipinski definition) is 0. The van der Waals surface area contributed by atoms with Crippen LogP contribution in [0.4, 0.5) is 5.69 Å². The standard InChI is InChI=1S/C15H18N2O3S/c1-11-9-12(2)17(3)10-15(11)21(18,19)16-13-5-7-14(20-4)8-6-13/h5-10H,1-4H3. The fourth-order valence-electron chi connectivity index (χ4n) is 1.97. The van der Waals surface area contributed by atoms with E-state index in [1.54, 1.807) is 56.1 Å². The van der Waals surface area contributed by atoms with Crippen molar-refractivity contribution in [2.75, 3.05) is 7.11 Å². The van der Waals surface area contributed by atoms with Crippen LogP contribution >= 0.6 is 0 Å². The lowest BCUT2D eigenvalue weighted by Crippen LogP contribution is -2.32. The SMILES string of the molecule is COc1ccc([N-]S(=O)(=O)c2c[n+](C)c(C)cc2C)cc1. The maximum Gasteiger partial charge on any atom is 0.186 e. The molecule has 0 bridgehead atoms. The van der Waals surface area contributed by atoms with Crippen LogP contribution in [0.2, 0.25) is 0 Å². The van der Waals surface area contributed by atoms with Crippen LogP contribution in [0.1, 0.15) is 11.3 Å². The maximum absolute atomic E-state index is 12.4. The van der Waals surface area contributed by atoms with Crippen molar-refractivity contribution in [3.8, 4) is 5.75 Å². The molecule has 1 aromatic carbocycles. The van der Waals surface area contributed by atoms with Crippen LogP contribution in [0.5, 0.6) is 5.75 Å². The molecule has 112 valence electrons. The second kappa shape index (κ2) is 5.73. The van der Waals surface area contributed by atoms with E-state index in [2.05, 4.69) is 4.72 Å². The monoisotopic (exact) mass is 306 g/mol. The van der Waals surface area contributed by atoms with Crippen LogP contribution < -0.4 is 9.30 Å². The number of nitrogens with zero attached hydrogens (tertiary/aromatic N) is 2. The Bertz CT molecular complexity index is 753. The van der Waals surface area contributed by atoms with Crippen molar-refractivity contribution in [2.24, 2.45) is 7.05 Å². The summed E-state index contributed by atoms with van der Waals surface area (Å²) in [6.07, 6.45) is 1.59. The third-order valence-electron chi connectivity index (χ3n) is 3.26. The zero-order valence-electron chi connectivity index (χ0n) is 12.5. The molecule has 2 rings (SSSR count). The first kappa shape index (κ1) is 15.3. The first-order chi connectivity index (χ1) is 9.83. The second-order valence-corrected chi connectivity index (χ2v) is 6.41. The van der Waals surface area contributed by atoms with E-state index in [0.29, 0.717) is 17.0 Å². The number of rotatable bonds is 4. The van der Waals surface area contributed by atoms with Crippen molar-refractivity contribution >= 4 is 15.7 Å². The number of aromatic nitrogens is 1. The molecule has 6 heteroatoms. The number of pyridine rings is 1. The molecule has 0 saturated heterocycles. The molecule has 0 unspecified atom stereocenters. The molecule has 1 heterocycles. The zero-order valence-corrected chi connectivity index (χ0v) is 13.3. The smallest absolute Gasteiger partial charge is 0.186 e. The third-order valence-corrected chi connectivity index (χ3v) is 4.69. The summed E-state index contributed by atoms with van der Waals surface area (Å²) in [6.45, 7) is 3.69. The minimum absolute atomic E-state index is 0.214. The Morgan fingerprint density at radius 2 is 1.76 bits per heavy atom. The molecule has 0 N–H and O–H groups in total. The molecule has 0 radical (unpaired) electrons. The van der Waals surface area contributed by atoms with Crippen molar-refractivity contribution < 1.29 is 17.7 Å². The molecule has 0 aliphatic heterocycles. The van der Waals surface area contributed by atoms with E-state index in [0.717, 1.165) is 5.69 Å². The van der Waals surface area contributed by atoms with Gasteiger partial charge >= 0.3 is 0 Å². The molecular weight excluding hydrogens is 288 g/mol. The Morgan fingerprint density at radius 1 is 1.14 bits per heavy atom. The minimum atomic E-state index is -3.74. The lowest BCUT2D eigenvalue weighted by atomic mass is 10.2. The van der Waals surface area contributed by atoms with Gasteiger partial charge in [0.05, 0.1) is 7.11 Å². The molecule has 0 saturated carbocycles. The summed E-state index contributed by atoms with van der Waals surface area (Å²) >= 11 is 0. The van der Waals surface area contributed by atoms with Crippen molar-refractivity contribution in [2.45, 2.75) is 18.7 Å². The molecule has 21 heavy (non-hydrogen) atoms. The highest BCUT2D eigenvalue weighted by Crippen LogP contribution is 2.30. The van der Waals surface area contributed by atoms with E-state index in [1.165, 1.54) is 0 Å². The number of benzene rings is 1. The van der Waals surface area contributed by atoms with Gasteiger partial charge in [0.1, 0.15) is 27.7 Å². The molecule has 0 fully saturated rings. The van der Waals surface area contributed by atoms with Crippen molar-refractivity contribution in [1.82, 2.24) is 0 Å². The van der Waals surface area contributed by atoms with Gasteiger partial charge in [-0.3, -0.25) is 0 Å². The summed E-state index contributed by atoms with van der Waals surface area (Å²) < 4.78 is 35.5.